The van der Waals surface area contributed by atoms with Gasteiger partial charge in [-0.2, -0.15) is 0 Å². The summed E-state index contributed by atoms with van der Waals surface area (Å²) in [5.74, 6) is -1.05. The van der Waals surface area contributed by atoms with Crippen molar-refractivity contribution >= 4 is 23.6 Å². The van der Waals surface area contributed by atoms with E-state index in [9.17, 15) is 14.7 Å². The highest BCUT2D eigenvalue weighted by molar-refractivity contribution is 6.31. The molecule has 2 amide bonds. The van der Waals surface area contributed by atoms with Gasteiger partial charge < -0.3 is 15.7 Å². The molecule has 1 unspecified atom stereocenters. The summed E-state index contributed by atoms with van der Waals surface area (Å²) in [6, 6.07) is 6.62. The number of carboxylic acid groups (broad SMARTS) is 1. The summed E-state index contributed by atoms with van der Waals surface area (Å²) in [5.41, 5.74) is -0.490. The number of benzene rings is 1. The monoisotopic (exact) mass is 298 g/mol. The van der Waals surface area contributed by atoms with Crippen LogP contribution in [0.2, 0.25) is 5.02 Å². The molecule has 0 radical (unpaired) electrons. The van der Waals surface area contributed by atoms with Crippen molar-refractivity contribution in [1.29, 1.82) is 0 Å². The van der Waals surface area contributed by atoms with Gasteiger partial charge >= 0.3 is 12.0 Å². The Labute approximate surface area is 123 Å². The normalized spacial score (nSPS) is 13.3. The lowest BCUT2D eigenvalue weighted by Gasteiger charge is -2.25. The Kier molecular flexibility index (Phi) is 5.82. The Balaban J connectivity index is 2.59. The zero-order valence-electron chi connectivity index (χ0n) is 11.6. The molecule has 0 saturated carbocycles. The smallest absolute Gasteiger partial charge is 0.329 e. The molecule has 0 bridgehead atoms. The van der Waals surface area contributed by atoms with Crippen LogP contribution in [-0.2, 0) is 11.3 Å². The summed E-state index contributed by atoms with van der Waals surface area (Å²) in [5, 5.41) is 14.8. The van der Waals surface area contributed by atoms with E-state index in [1.165, 1.54) is 6.92 Å². The van der Waals surface area contributed by atoms with Gasteiger partial charge in [-0.05, 0) is 25.0 Å². The van der Waals surface area contributed by atoms with Crippen LogP contribution in [0, 0.1) is 0 Å². The van der Waals surface area contributed by atoms with Gasteiger partial charge in [-0.1, -0.05) is 43.1 Å². The van der Waals surface area contributed by atoms with Crippen LogP contribution in [0.3, 0.4) is 0 Å². The molecule has 110 valence electrons. The van der Waals surface area contributed by atoms with Crippen molar-refractivity contribution in [3.63, 3.8) is 0 Å². The Hall–Kier alpha value is -1.75. The van der Waals surface area contributed by atoms with Crippen molar-refractivity contribution < 1.29 is 14.7 Å². The van der Waals surface area contributed by atoms with Gasteiger partial charge in [0.2, 0.25) is 0 Å². The van der Waals surface area contributed by atoms with Crippen LogP contribution >= 0.6 is 11.6 Å². The number of halogens is 1. The third-order valence-electron chi connectivity index (χ3n) is 3.01. The van der Waals surface area contributed by atoms with Gasteiger partial charge in [0, 0.05) is 11.6 Å². The SMILES string of the molecule is CCCC(C)(NC(=O)NCc1ccccc1Cl)C(=O)O. The first-order valence-electron chi connectivity index (χ1n) is 6.42. The molecule has 20 heavy (non-hydrogen) atoms. The topological polar surface area (TPSA) is 78.4 Å². The highest BCUT2D eigenvalue weighted by Crippen LogP contribution is 2.15. The fourth-order valence-corrected chi connectivity index (χ4v) is 2.04. The maximum atomic E-state index is 11.8. The van der Waals surface area contributed by atoms with Gasteiger partial charge in [0.15, 0.2) is 0 Å². The van der Waals surface area contributed by atoms with E-state index >= 15 is 0 Å². The molecule has 3 N–H and O–H groups in total. The van der Waals surface area contributed by atoms with Gasteiger partial charge in [0.05, 0.1) is 0 Å². The molecular formula is C14H19ClN2O3. The highest BCUT2D eigenvalue weighted by atomic mass is 35.5. The number of carbonyl (C=O) groups is 2. The lowest BCUT2D eigenvalue weighted by atomic mass is 9.97. The summed E-state index contributed by atoms with van der Waals surface area (Å²) in [6.45, 7) is 3.60. The van der Waals surface area contributed by atoms with E-state index in [-0.39, 0.29) is 6.54 Å². The highest BCUT2D eigenvalue weighted by Gasteiger charge is 2.33. The zero-order valence-corrected chi connectivity index (χ0v) is 12.3. The lowest BCUT2D eigenvalue weighted by Crippen LogP contribution is -2.55. The summed E-state index contributed by atoms with van der Waals surface area (Å²) in [4.78, 5) is 23.0. The van der Waals surface area contributed by atoms with E-state index < -0.39 is 17.5 Å². The van der Waals surface area contributed by atoms with E-state index in [0.29, 0.717) is 17.9 Å². The fourth-order valence-electron chi connectivity index (χ4n) is 1.83. The maximum Gasteiger partial charge on any atom is 0.329 e. The van der Waals surface area contributed by atoms with Crippen LogP contribution in [0.25, 0.3) is 0 Å². The maximum absolute atomic E-state index is 11.8. The number of nitrogens with one attached hydrogen (secondary N) is 2. The largest absolute Gasteiger partial charge is 0.480 e. The average Bonchev–Trinajstić information content (AvgIpc) is 2.38. The standard InChI is InChI=1S/C14H19ClN2O3/c1-3-8-14(2,12(18)19)17-13(20)16-9-10-6-4-5-7-11(10)15/h4-7H,3,8-9H2,1-2H3,(H,18,19)(H2,16,17,20). The molecule has 6 heteroatoms. The average molecular weight is 299 g/mol. The second kappa shape index (κ2) is 7.14. The molecule has 0 aliphatic rings. The van der Waals surface area contributed by atoms with Crippen molar-refractivity contribution in [2.24, 2.45) is 0 Å². The minimum Gasteiger partial charge on any atom is -0.480 e. The van der Waals surface area contributed by atoms with Gasteiger partial charge in [-0.15, -0.1) is 0 Å². The van der Waals surface area contributed by atoms with Crippen LogP contribution < -0.4 is 10.6 Å². The quantitative estimate of drug-likeness (QED) is 0.755. The van der Waals surface area contributed by atoms with E-state index in [2.05, 4.69) is 10.6 Å². The second-order valence-electron chi connectivity index (χ2n) is 4.79. The Morgan fingerprint density at radius 3 is 2.55 bits per heavy atom. The van der Waals surface area contributed by atoms with Gasteiger partial charge in [-0.25, -0.2) is 9.59 Å². The molecule has 5 nitrogen and oxygen atoms in total. The number of rotatable bonds is 6. The third kappa shape index (κ3) is 4.42. The first-order chi connectivity index (χ1) is 9.39. The molecular weight excluding hydrogens is 280 g/mol. The molecule has 1 atom stereocenters. The Morgan fingerprint density at radius 2 is 2.00 bits per heavy atom. The van der Waals surface area contributed by atoms with Gasteiger partial charge in [0.1, 0.15) is 5.54 Å². The minimum absolute atomic E-state index is 0.243. The number of aliphatic carboxylic acids is 1. The first-order valence-corrected chi connectivity index (χ1v) is 6.79. The Morgan fingerprint density at radius 1 is 1.35 bits per heavy atom. The molecule has 0 heterocycles. The molecule has 0 aliphatic heterocycles. The van der Waals surface area contributed by atoms with Crippen molar-refractivity contribution in [3.8, 4) is 0 Å². The third-order valence-corrected chi connectivity index (χ3v) is 3.38. The van der Waals surface area contributed by atoms with Gasteiger partial charge in [0.25, 0.3) is 0 Å². The molecule has 0 aromatic heterocycles. The molecule has 0 spiro atoms. The number of hydrogen-bond acceptors (Lipinski definition) is 2. The summed E-state index contributed by atoms with van der Waals surface area (Å²) in [6.07, 6.45) is 1.02. The Bertz CT molecular complexity index is 493. The van der Waals surface area contributed by atoms with Gasteiger partial charge in [-0.3, -0.25) is 0 Å². The van der Waals surface area contributed by atoms with Crippen molar-refractivity contribution in [2.45, 2.75) is 38.8 Å². The summed E-state index contributed by atoms with van der Waals surface area (Å²) < 4.78 is 0. The van der Waals surface area contributed by atoms with Crippen LogP contribution in [0.1, 0.15) is 32.3 Å². The molecule has 0 fully saturated rings. The zero-order chi connectivity index (χ0) is 15.2. The van der Waals surface area contributed by atoms with Crippen LogP contribution in [0.4, 0.5) is 4.79 Å². The first kappa shape index (κ1) is 16.3. The van der Waals surface area contributed by atoms with E-state index in [1.807, 2.05) is 13.0 Å². The summed E-state index contributed by atoms with van der Waals surface area (Å²) in [7, 11) is 0. The number of carboxylic acids is 1. The fraction of sp³-hybridized carbons (Fsp3) is 0.429. The predicted octanol–water partition coefficient (Wildman–Crippen LogP) is 2.78. The van der Waals surface area contributed by atoms with E-state index in [1.54, 1.807) is 18.2 Å². The van der Waals surface area contributed by atoms with Crippen LogP contribution in [0.5, 0.6) is 0 Å². The van der Waals surface area contributed by atoms with Crippen molar-refractivity contribution in [3.05, 3.63) is 34.9 Å². The van der Waals surface area contributed by atoms with Crippen molar-refractivity contribution in [2.75, 3.05) is 0 Å². The van der Waals surface area contributed by atoms with E-state index in [0.717, 1.165) is 5.56 Å². The van der Waals surface area contributed by atoms with Crippen LogP contribution in [-0.4, -0.2) is 22.6 Å². The summed E-state index contributed by atoms with van der Waals surface area (Å²) >= 11 is 5.98. The molecule has 0 saturated heterocycles. The number of carbonyl (C=O) groups excluding carboxylic acids is 1. The second-order valence-corrected chi connectivity index (χ2v) is 5.19. The van der Waals surface area contributed by atoms with E-state index in [4.69, 9.17) is 11.6 Å². The molecule has 1 aromatic rings. The predicted molar refractivity (Wildman–Crippen MR) is 77.8 cm³/mol. The molecule has 1 aromatic carbocycles. The number of hydrogen-bond donors (Lipinski definition) is 3. The number of urea groups is 1. The van der Waals surface area contributed by atoms with Crippen LogP contribution in [0.15, 0.2) is 24.3 Å². The molecule has 0 aliphatic carbocycles. The minimum atomic E-state index is -1.26. The lowest BCUT2D eigenvalue weighted by molar-refractivity contribution is -0.144. The van der Waals surface area contributed by atoms with Crippen molar-refractivity contribution in [1.82, 2.24) is 10.6 Å². The molecule has 1 rings (SSSR count). The number of amides is 2.